The van der Waals surface area contributed by atoms with Crippen molar-refractivity contribution in [1.29, 1.82) is 0 Å². The lowest BCUT2D eigenvalue weighted by Gasteiger charge is -2.21. The van der Waals surface area contributed by atoms with Crippen molar-refractivity contribution in [3.05, 3.63) is 22.4 Å². The van der Waals surface area contributed by atoms with Crippen LogP contribution in [0.1, 0.15) is 38.5 Å². The maximum Gasteiger partial charge on any atom is 0.191 e. The third kappa shape index (κ3) is 8.01. The van der Waals surface area contributed by atoms with Crippen molar-refractivity contribution in [1.82, 2.24) is 10.6 Å². The average Bonchev–Trinajstić information content (AvgIpc) is 2.96. The summed E-state index contributed by atoms with van der Waals surface area (Å²) in [6, 6.07) is 4.27. The summed E-state index contributed by atoms with van der Waals surface area (Å²) in [6.07, 6.45) is 0. The molecule has 0 bridgehead atoms. The minimum Gasteiger partial charge on any atom is -0.377 e. The van der Waals surface area contributed by atoms with Crippen LogP contribution < -0.4 is 10.6 Å². The van der Waals surface area contributed by atoms with Crippen LogP contribution in [0, 0.1) is 0 Å². The topological polar surface area (TPSA) is 45.7 Å². The van der Waals surface area contributed by atoms with E-state index < -0.39 is 0 Å². The second-order valence-corrected chi connectivity index (χ2v) is 6.44. The first-order valence-corrected chi connectivity index (χ1v) is 7.97. The van der Waals surface area contributed by atoms with Crippen molar-refractivity contribution in [2.45, 2.75) is 39.2 Å². The summed E-state index contributed by atoms with van der Waals surface area (Å²) in [6.45, 7) is 10.7. The highest BCUT2D eigenvalue weighted by Crippen LogP contribution is 2.19. The van der Waals surface area contributed by atoms with E-state index >= 15 is 0 Å². The van der Waals surface area contributed by atoms with Gasteiger partial charge < -0.3 is 15.4 Å². The van der Waals surface area contributed by atoms with Crippen LogP contribution in [0.4, 0.5) is 0 Å². The highest BCUT2D eigenvalue weighted by molar-refractivity contribution is 14.0. The number of hydrogen-bond acceptors (Lipinski definition) is 3. The summed E-state index contributed by atoms with van der Waals surface area (Å²) >= 11 is 1.80. The van der Waals surface area contributed by atoms with Gasteiger partial charge in [0.25, 0.3) is 0 Å². The fraction of sp³-hybridized carbons (Fsp3) is 0.667. The Morgan fingerprint density at radius 3 is 2.67 bits per heavy atom. The number of nitrogens with one attached hydrogen (secondary N) is 2. The third-order valence-electron chi connectivity index (χ3n) is 3.12. The molecule has 1 atom stereocenters. The minimum absolute atomic E-state index is 0. The largest absolute Gasteiger partial charge is 0.377 e. The zero-order valence-corrected chi connectivity index (χ0v) is 16.7. The summed E-state index contributed by atoms with van der Waals surface area (Å²) in [5.41, 5.74) is -0.234. The first-order valence-electron chi connectivity index (χ1n) is 7.09. The fourth-order valence-corrected chi connectivity index (χ4v) is 2.38. The number of ether oxygens (including phenoxy) is 1. The predicted molar refractivity (Wildman–Crippen MR) is 103 cm³/mol. The number of thiophene rings is 1. The highest BCUT2D eigenvalue weighted by Gasteiger charge is 2.16. The van der Waals surface area contributed by atoms with E-state index in [0.29, 0.717) is 12.5 Å². The fourth-order valence-electron chi connectivity index (χ4n) is 1.60. The van der Waals surface area contributed by atoms with Gasteiger partial charge in [-0.05, 0) is 32.2 Å². The van der Waals surface area contributed by atoms with E-state index in [-0.39, 0.29) is 29.6 Å². The van der Waals surface area contributed by atoms with Gasteiger partial charge in [0.1, 0.15) is 0 Å². The van der Waals surface area contributed by atoms with E-state index in [4.69, 9.17) is 4.74 Å². The van der Waals surface area contributed by atoms with Gasteiger partial charge >= 0.3 is 0 Å². The zero-order valence-electron chi connectivity index (χ0n) is 13.6. The lowest BCUT2D eigenvalue weighted by atomic mass is 10.1. The summed E-state index contributed by atoms with van der Waals surface area (Å²) in [7, 11) is 1.72. The van der Waals surface area contributed by atoms with Crippen molar-refractivity contribution >= 4 is 41.3 Å². The monoisotopic (exact) mass is 425 g/mol. The van der Waals surface area contributed by atoms with Crippen LogP contribution in [-0.4, -0.2) is 38.3 Å². The Kier molecular flexibility index (Phi) is 10.2. The smallest absolute Gasteiger partial charge is 0.191 e. The summed E-state index contributed by atoms with van der Waals surface area (Å²) in [5.74, 6) is 1.33. The molecule has 0 aliphatic carbocycles. The van der Waals surface area contributed by atoms with Crippen molar-refractivity contribution in [2.24, 2.45) is 4.99 Å². The molecular weight excluding hydrogens is 397 g/mol. The molecule has 0 saturated carbocycles. The molecular formula is C15H28IN3OS. The number of halogens is 1. The second kappa shape index (κ2) is 10.4. The van der Waals surface area contributed by atoms with Crippen LogP contribution in [0.25, 0.3) is 0 Å². The summed E-state index contributed by atoms with van der Waals surface area (Å²) in [4.78, 5) is 5.98. The van der Waals surface area contributed by atoms with Crippen LogP contribution in [0.15, 0.2) is 22.5 Å². The van der Waals surface area contributed by atoms with E-state index in [9.17, 15) is 0 Å². The van der Waals surface area contributed by atoms with Crippen molar-refractivity contribution < 1.29 is 4.74 Å². The Balaban J connectivity index is 0.00000400. The molecule has 0 saturated heterocycles. The van der Waals surface area contributed by atoms with Crippen molar-refractivity contribution in [2.75, 3.05) is 26.7 Å². The van der Waals surface area contributed by atoms with Gasteiger partial charge in [0, 0.05) is 31.0 Å². The standard InChI is InChI=1S/C15H27N3OS.HI/c1-6-16-14(18-11-15(3,4)19-5)17-10-12(2)13-8-7-9-20-13;/h7-9,12H,6,10-11H2,1-5H3,(H2,16,17,18);1H. The molecule has 21 heavy (non-hydrogen) atoms. The Morgan fingerprint density at radius 2 is 2.14 bits per heavy atom. The van der Waals surface area contributed by atoms with Gasteiger partial charge in [0.15, 0.2) is 5.96 Å². The Hall–Kier alpha value is -0.340. The highest BCUT2D eigenvalue weighted by atomic mass is 127. The molecule has 1 rings (SSSR count). The number of aliphatic imine (C=N–C) groups is 1. The average molecular weight is 425 g/mol. The van der Waals surface area contributed by atoms with E-state index in [0.717, 1.165) is 19.0 Å². The van der Waals surface area contributed by atoms with Gasteiger partial charge in [-0.2, -0.15) is 0 Å². The minimum atomic E-state index is -0.234. The number of methoxy groups -OCH3 is 1. The molecule has 0 aliphatic rings. The van der Waals surface area contributed by atoms with Gasteiger partial charge in [-0.25, -0.2) is 0 Å². The molecule has 1 unspecified atom stereocenters. The van der Waals surface area contributed by atoms with Crippen molar-refractivity contribution in [3.63, 3.8) is 0 Å². The normalized spacial score (nSPS) is 13.5. The van der Waals surface area contributed by atoms with Crippen LogP contribution in [0.3, 0.4) is 0 Å². The molecule has 1 aromatic heterocycles. The number of guanidine groups is 1. The quantitative estimate of drug-likeness (QED) is 0.400. The van der Waals surface area contributed by atoms with Crippen LogP contribution >= 0.6 is 35.3 Å². The molecule has 1 aromatic rings. The molecule has 0 amide bonds. The van der Waals surface area contributed by atoms with Gasteiger partial charge in [0.05, 0.1) is 12.1 Å². The molecule has 0 aliphatic heterocycles. The molecule has 2 N–H and O–H groups in total. The lowest BCUT2D eigenvalue weighted by Crippen LogP contribution is -2.40. The van der Waals surface area contributed by atoms with Crippen molar-refractivity contribution in [3.8, 4) is 0 Å². The number of nitrogens with zero attached hydrogens (tertiary/aromatic N) is 1. The molecule has 1 heterocycles. The lowest BCUT2D eigenvalue weighted by molar-refractivity contribution is 0.0310. The van der Waals surface area contributed by atoms with E-state index in [1.54, 1.807) is 18.4 Å². The molecule has 6 heteroatoms. The first kappa shape index (κ1) is 20.7. The maximum atomic E-state index is 5.39. The third-order valence-corrected chi connectivity index (χ3v) is 4.22. The Labute approximate surface area is 149 Å². The van der Waals surface area contributed by atoms with Gasteiger partial charge in [0.2, 0.25) is 0 Å². The summed E-state index contributed by atoms with van der Waals surface area (Å²) < 4.78 is 5.39. The predicted octanol–water partition coefficient (Wildman–Crippen LogP) is 3.45. The Bertz CT molecular complexity index is 407. The van der Waals surface area contributed by atoms with E-state index in [1.807, 2.05) is 13.8 Å². The summed E-state index contributed by atoms with van der Waals surface area (Å²) in [5, 5.41) is 8.78. The van der Waals surface area contributed by atoms with E-state index in [2.05, 4.69) is 47.0 Å². The number of hydrogen-bond donors (Lipinski definition) is 2. The first-order chi connectivity index (χ1) is 9.48. The van der Waals surface area contributed by atoms with Gasteiger partial charge in [-0.1, -0.05) is 13.0 Å². The molecule has 0 spiro atoms. The van der Waals surface area contributed by atoms with E-state index in [1.165, 1.54) is 4.88 Å². The van der Waals surface area contributed by atoms with Gasteiger partial charge in [-0.15, -0.1) is 35.3 Å². The van der Waals surface area contributed by atoms with Gasteiger partial charge in [-0.3, -0.25) is 4.99 Å². The molecule has 0 radical (unpaired) electrons. The van der Waals surface area contributed by atoms with Crippen LogP contribution in [0.5, 0.6) is 0 Å². The molecule has 0 fully saturated rings. The number of rotatable bonds is 7. The van der Waals surface area contributed by atoms with Crippen LogP contribution in [-0.2, 0) is 4.74 Å². The SMILES string of the molecule is CCNC(=NCC(C)(C)OC)NCC(C)c1cccs1.I. The second-order valence-electron chi connectivity index (χ2n) is 5.46. The molecule has 0 aromatic carbocycles. The zero-order chi connectivity index (χ0) is 15.0. The molecule has 122 valence electrons. The van der Waals surface area contributed by atoms with Crippen LogP contribution in [0.2, 0.25) is 0 Å². The Morgan fingerprint density at radius 1 is 1.43 bits per heavy atom. The molecule has 4 nitrogen and oxygen atoms in total. The maximum absolute atomic E-state index is 5.39.